The molecule has 0 radical (unpaired) electrons. The van der Waals surface area contributed by atoms with Crippen molar-refractivity contribution in [1.82, 2.24) is 15.2 Å². The van der Waals surface area contributed by atoms with Crippen LogP contribution in [0.1, 0.15) is 12.5 Å². The standard InChI is InChI=1S/C9H9N3O/c1-2-6-5-7-3-4-10-12-8(7)11-9(6)13/h3-5H,2H2,1H3,(H,11,12,13). The van der Waals surface area contributed by atoms with Crippen LogP contribution in [0.4, 0.5) is 0 Å². The molecule has 0 unspecified atom stereocenters. The van der Waals surface area contributed by atoms with E-state index in [-0.39, 0.29) is 5.88 Å². The van der Waals surface area contributed by atoms with E-state index in [1.807, 2.05) is 19.1 Å². The first-order valence-electron chi connectivity index (χ1n) is 4.11. The summed E-state index contributed by atoms with van der Waals surface area (Å²) in [5.41, 5.74) is 1.32. The molecular weight excluding hydrogens is 166 g/mol. The van der Waals surface area contributed by atoms with Crippen molar-refractivity contribution in [2.45, 2.75) is 13.3 Å². The first-order valence-corrected chi connectivity index (χ1v) is 4.11. The van der Waals surface area contributed by atoms with Crippen molar-refractivity contribution < 1.29 is 5.11 Å². The van der Waals surface area contributed by atoms with Gasteiger partial charge in [0.2, 0.25) is 5.88 Å². The Labute approximate surface area is 75.3 Å². The van der Waals surface area contributed by atoms with Gasteiger partial charge in [0.1, 0.15) is 0 Å². The first-order chi connectivity index (χ1) is 6.31. The minimum atomic E-state index is 0.0514. The molecule has 4 heteroatoms. The number of aryl methyl sites for hydroxylation is 1. The second kappa shape index (κ2) is 2.97. The van der Waals surface area contributed by atoms with Gasteiger partial charge in [-0.15, -0.1) is 5.10 Å². The molecule has 0 saturated heterocycles. The van der Waals surface area contributed by atoms with Gasteiger partial charge in [0.05, 0.1) is 6.20 Å². The molecule has 0 bridgehead atoms. The Bertz CT molecular complexity index is 442. The molecule has 2 rings (SSSR count). The SMILES string of the molecule is CCc1cc2ccnnc2nc1O. The van der Waals surface area contributed by atoms with Crippen LogP contribution < -0.4 is 0 Å². The molecule has 1 N–H and O–H groups in total. The number of fused-ring (bicyclic) bond motifs is 1. The van der Waals surface area contributed by atoms with Crippen LogP contribution in [0.25, 0.3) is 11.0 Å². The lowest BCUT2D eigenvalue weighted by atomic mass is 10.2. The molecule has 66 valence electrons. The molecule has 0 atom stereocenters. The minimum Gasteiger partial charge on any atom is -0.493 e. The maximum Gasteiger partial charge on any atom is 0.216 e. The third-order valence-corrected chi connectivity index (χ3v) is 1.94. The van der Waals surface area contributed by atoms with E-state index in [0.29, 0.717) is 5.65 Å². The Kier molecular flexibility index (Phi) is 1.81. The topological polar surface area (TPSA) is 58.9 Å². The van der Waals surface area contributed by atoms with Gasteiger partial charge in [-0.3, -0.25) is 0 Å². The van der Waals surface area contributed by atoms with Crippen LogP contribution in [0, 0.1) is 0 Å². The lowest BCUT2D eigenvalue weighted by Crippen LogP contribution is -1.90. The molecule has 2 heterocycles. The van der Waals surface area contributed by atoms with E-state index in [2.05, 4.69) is 15.2 Å². The van der Waals surface area contributed by atoms with Crippen molar-refractivity contribution in [2.24, 2.45) is 0 Å². The van der Waals surface area contributed by atoms with Gasteiger partial charge in [-0.25, -0.2) is 0 Å². The third-order valence-electron chi connectivity index (χ3n) is 1.94. The summed E-state index contributed by atoms with van der Waals surface area (Å²) in [7, 11) is 0. The highest BCUT2D eigenvalue weighted by molar-refractivity contribution is 5.75. The van der Waals surface area contributed by atoms with Gasteiger partial charge in [-0.2, -0.15) is 10.1 Å². The quantitative estimate of drug-likeness (QED) is 0.709. The van der Waals surface area contributed by atoms with Gasteiger partial charge in [0.25, 0.3) is 0 Å². The highest BCUT2D eigenvalue weighted by Gasteiger charge is 2.03. The van der Waals surface area contributed by atoms with E-state index < -0.39 is 0 Å². The zero-order chi connectivity index (χ0) is 9.26. The van der Waals surface area contributed by atoms with Gasteiger partial charge in [-0.1, -0.05) is 6.92 Å². The normalized spacial score (nSPS) is 10.5. The molecule has 0 aliphatic carbocycles. The Morgan fingerprint density at radius 3 is 3.08 bits per heavy atom. The van der Waals surface area contributed by atoms with Crippen molar-refractivity contribution in [2.75, 3.05) is 0 Å². The van der Waals surface area contributed by atoms with Crippen LogP contribution in [-0.4, -0.2) is 20.3 Å². The molecule has 0 aromatic carbocycles. The van der Waals surface area contributed by atoms with Crippen molar-refractivity contribution in [3.05, 3.63) is 23.9 Å². The van der Waals surface area contributed by atoms with Gasteiger partial charge in [-0.05, 0) is 18.6 Å². The molecule has 13 heavy (non-hydrogen) atoms. The molecule has 0 spiro atoms. The average Bonchev–Trinajstić information content (AvgIpc) is 2.17. The number of nitrogens with zero attached hydrogens (tertiary/aromatic N) is 3. The zero-order valence-electron chi connectivity index (χ0n) is 7.23. The molecule has 2 aromatic rings. The minimum absolute atomic E-state index is 0.0514. The number of hydrogen-bond acceptors (Lipinski definition) is 4. The number of hydrogen-bond donors (Lipinski definition) is 1. The van der Waals surface area contributed by atoms with Crippen molar-refractivity contribution >= 4 is 11.0 Å². The molecule has 0 aliphatic heterocycles. The Morgan fingerprint density at radius 2 is 2.31 bits per heavy atom. The second-order valence-corrected chi connectivity index (χ2v) is 2.77. The number of rotatable bonds is 1. The van der Waals surface area contributed by atoms with E-state index >= 15 is 0 Å². The molecular formula is C9H9N3O. The van der Waals surface area contributed by atoms with Gasteiger partial charge in [0.15, 0.2) is 5.65 Å². The van der Waals surface area contributed by atoms with E-state index in [1.54, 1.807) is 6.20 Å². The fourth-order valence-corrected chi connectivity index (χ4v) is 1.22. The third kappa shape index (κ3) is 1.30. The van der Waals surface area contributed by atoms with Crippen LogP contribution in [0.5, 0.6) is 5.88 Å². The Balaban J connectivity index is 2.74. The summed E-state index contributed by atoms with van der Waals surface area (Å²) in [4.78, 5) is 3.93. The monoisotopic (exact) mass is 175 g/mol. The number of aromatic hydroxyl groups is 1. The number of aromatic nitrogens is 3. The lowest BCUT2D eigenvalue weighted by molar-refractivity contribution is 0.448. The van der Waals surface area contributed by atoms with Gasteiger partial charge >= 0.3 is 0 Å². The summed E-state index contributed by atoms with van der Waals surface area (Å²) >= 11 is 0. The first kappa shape index (κ1) is 7.91. The van der Waals surface area contributed by atoms with Crippen LogP contribution in [0.2, 0.25) is 0 Å². The predicted octanol–water partition coefficient (Wildman–Crippen LogP) is 1.29. The zero-order valence-corrected chi connectivity index (χ0v) is 7.23. The molecule has 0 amide bonds. The predicted molar refractivity (Wildman–Crippen MR) is 48.4 cm³/mol. The summed E-state index contributed by atoms with van der Waals surface area (Å²) in [6, 6.07) is 3.71. The molecule has 0 fully saturated rings. The largest absolute Gasteiger partial charge is 0.493 e. The highest BCUT2D eigenvalue weighted by atomic mass is 16.3. The summed E-state index contributed by atoms with van der Waals surface area (Å²) in [5, 5.41) is 17.8. The fourth-order valence-electron chi connectivity index (χ4n) is 1.22. The lowest BCUT2D eigenvalue weighted by Gasteiger charge is -2.01. The van der Waals surface area contributed by atoms with E-state index in [0.717, 1.165) is 17.4 Å². The van der Waals surface area contributed by atoms with E-state index in [1.165, 1.54) is 0 Å². The molecule has 0 aliphatic rings. The Hall–Kier alpha value is -1.71. The van der Waals surface area contributed by atoms with Crippen molar-refractivity contribution in [3.63, 3.8) is 0 Å². The van der Waals surface area contributed by atoms with Crippen molar-refractivity contribution in [1.29, 1.82) is 0 Å². The summed E-state index contributed by atoms with van der Waals surface area (Å²) in [5.74, 6) is 0.0514. The molecule has 0 saturated carbocycles. The van der Waals surface area contributed by atoms with Crippen LogP contribution in [0.3, 0.4) is 0 Å². The van der Waals surface area contributed by atoms with Crippen LogP contribution in [-0.2, 0) is 6.42 Å². The van der Waals surface area contributed by atoms with Gasteiger partial charge < -0.3 is 5.11 Å². The highest BCUT2D eigenvalue weighted by Crippen LogP contribution is 2.19. The van der Waals surface area contributed by atoms with Gasteiger partial charge in [0, 0.05) is 10.9 Å². The molecule has 4 nitrogen and oxygen atoms in total. The fraction of sp³-hybridized carbons (Fsp3) is 0.222. The average molecular weight is 175 g/mol. The van der Waals surface area contributed by atoms with E-state index in [4.69, 9.17) is 0 Å². The maximum atomic E-state index is 9.43. The van der Waals surface area contributed by atoms with Crippen LogP contribution >= 0.6 is 0 Å². The number of pyridine rings is 1. The van der Waals surface area contributed by atoms with E-state index in [9.17, 15) is 5.11 Å². The second-order valence-electron chi connectivity index (χ2n) is 2.77. The molecule has 2 aromatic heterocycles. The van der Waals surface area contributed by atoms with Crippen LogP contribution in [0.15, 0.2) is 18.3 Å². The summed E-state index contributed by atoms with van der Waals surface area (Å²) < 4.78 is 0. The Morgan fingerprint density at radius 1 is 1.46 bits per heavy atom. The van der Waals surface area contributed by atoms with Crippen molar-refractivity contribution in [3.8, 4) is 5.88 Å². The summed E-state index contributed by atoms with van der Waals surface area (Å²) in [6.45, 7) is 1.97. The maximum absolute atomic E-state index is 9.43. The smallest absolute Gasteiger partial charge is 0.216 e. The summed E-state index contributed by atoms with van der Waals surface area (Å²) in [6.07, 6.45) is 2.37.